The largest absolute Gasteiger partial charge is 0.383 e. The first-order valence-corrected chi connectivity index (χ1v) is 10.1. The number of ether oxygens (including phenoxy) is 1. The summed E-state index contributed by atoms with van der Waals surface area (Å²) in [6.45, 7) is 6.16. The molecular formula is C22H30N4O3. The molecule has 1 fully saturated rings. The van der Waals surface area contributed by atoms with Crippen LogP contribution in [0.5, 0.6) is 0 Å². The van der Waals surface area contributed by atoms with E-state index in [4.69, 9.17) is 4.74 Å². The minimum absolute atomic E-state index is 0.0601. The second kappa shape index (κ2) is 9.22. The molecule has 2 aromatic rings. The van der Waals surface area contributed by atoms with Crippen LogP contribution in [-0.4, -0.2) is 60.3 Å². The second-order valence-corrected chi connectivity index (χ2v) is 8.03. The van der Waals surface area contributed by atoms with Crippen molar-refractivity contribution in [3.05, 3.63) is 53.3 Å². The van der Waals surface area contributed by atoms with Gasteiger partial charge in [0.15, 0.2) is 0 Å². The quantitative estimate of drug-likeness (QED) is 0.702. The summed E-state index contributed by atoms with van der Waals surface area (Å²) in [5, 5.41) is 9.93. The third-order valence-electron chi connectivity index (χ3n) is 5.65. The van der Waals surface area contributed by atoms with Gasteiger partial charge in [0.1, 0.15) is 0 Å². The lowest BCUT2D eigenvalue weighted by Crippen LogP contribution is -2.47. The van der Waals surface area contributed by atoms with Gasteiger partial charge in [0.2, 0.25) is 5.91 Å². The fourth-order valence-electron chi connectivity index (χ4n) is 3.92. The van der Waals surface area contributed by atoms with Crippen LogP contribution >= 0.6 is 0 Å². The highest BCUT2D eigenvalue weighted by Gasteiger charge is 2.37. The highest BCUT2D eigenvalue weighted by molar-refractivity contribution is 5.95. The van der Waals surface area contributed by atoms with Crippen molar-refractivity contribution in [3.8, 4) is 0 Å². The second-order valence-electron chi connectivity index (χ2n) is 8.03. The Morgan fingerprint density at radius 2 is 2.07 bits per heavy atom. The minimum atomic E-state index is -0.600. The lowest BCUT2D eigenvalue weighted by molar-refractivity contribution is -0.137. The highest BCUT2D eigenvalue weighted by atomic mass is 16.5. The number of piperidine rings is 1. The summed E-state index contributed by atoms with van der Waals surface area (Å²) < 4.78 is 4.98. The Bertz CT molecular complexity index is 832. The van der Waals surface area contributed by atoms with Crippen molar-refractivity contribution >= 4 is 11.8 Å². The molecule has 1 aliphatic heterocycles. The van der Waals surface area contributed by atoms with Gasteiger partial charge < -0.3 is 15.0 Å². The predicted octanol–water partition coefficient (Wildman–Crippen LogP) is 2.47. The summed E-state index contributed by atoms with van der Waals surface area (Å²) in [6, 6.07) is 9.87. The summed E-state index contributed by atoms with van der Waals surface area (Å²) in [6.07, 6.45) is 3.37. The van der Waals surface area contributed by atoms with E-state index in [2.05, 4.69) is 15.5 Å². The molecule has 2 N–H and O–H groups in total. The fraction of sp³-hybridized carbons (Fsp3) is 0.500. The molecule has 2 amide bonds. The van der Waals surface area contributed by atoms with Crippen molar-refractivity contribution in [1.82, 2.24) is 20.4 Å². The van der Waals surface area contributed by atoms with Gasteiger partial charge in [-0.15, -0.1) is 0 Å². The molecule has 0 spiro atoms. The van der Waals surface area contributed by atoms with E-state index >= 15 is 0 Å². The number of carbonyl (C=O) groups excluding carboxylic acids is 2. The molecule has 1 aliphatic rings. The Morgan fingerprint density at radius 1 is 1.31 bits per heavy atom. The van der Waals surface area contributed by atoms with Crippen LogP contribution in [0.4, 0.5) is 0 Å². The van der Waals surface area contributed by atoms with Crippen molar-refractivity contribution in [3.63, 3.8) is 0 Å². The number of methoxy groups -OCH3 is 1. The number of likely N-dealkylation sites (tertiary alicyclic amines) is 1. The Hall–Kier alpha value is -2.67. The zero-order valence-corrected chi connectivity index (χ0v) is 17.4. The third kappa shape index (κ3) is 4.67. The van der Waals surface area contributed by atoms with Crippen molar-refractivity contribution < 1.29 is 14.3 Å². The molecule has 7 heteroatoms. The average molecular weight is 399 g/mol. The van der Waals surface area contributed by atoms with Crippen molar-refractivity contribution in [2.45, 2.75) is 38.0 Å². The Labute approximate surface area is 171 Å². The van der Waals surface area contributed by atoms with Gasteiger partial charge in [-0.25, -0.2) is 0 Å². The third-order valence-corrected chi connectivity index (χ3v) is 5.65. The van der Waals surface area contributed by atoms with Crippen LogP contribution in [0, 0.1) is 0 Å². The molecule has 0 radical (unpaired) electrons. The highest BCUT2D eigenvalue weighted by Crippen LogP contribution is 2.32. The first-order chi connectivity index (χ1) is 13.9. The van der Waals surface area contributed by atoms with E-state index in [1.54, 1.807) is 13.3 Å². The zero-order valence-electron chi connectivity index (χ0n) is 17.4. The first kappa shape index (κ1) is 21.0. The van der Waals surface area contributed by atoms with Gasteiger partial charge in [-0.1, -0.05) is 30.3 Å². The van der Waals surface area contributed by atoms with Crippen LogP contribution < -0.4 is 5.32 Å². The molecule has 1 aromatic heterocycles. The summed E-state index contributed by atoms with van der Waals surface area (Å²) in [5.74, 6) is 0.00262. The molecule has 3 rings (SSSR count). The molecule has 29 heavy (non-hydrogen) atoms. The maximum Gasteiger partial charge on any atom is 0.254 e. The standard InChI is InChI=1S/C22H30N4O3/c1-22(2,17-9-5-4-6-10-17)21(28)26-12-7-8-16(15-26)19-18(14-24-25-19)20(27)23-11-13-29-3/h4-6,9-10,14,16H,7-8,11-13,15H2,1-3H3,(H,23,27)(H,24,25). The molecule has 7 nitrogen and oxygen atoms in total. The minimum Gasteiger partial charge on any atom is -0.383 e. The number of aromatic amines is 1. The van der Waals surface area contributed by atoms with Crippen LogP contribution in [0.3, 0.4) is 0 Å². The summed E-state index contributed by atoms with van der Waals surface area (Å²) >= 11 is 0. The van der Waals surface area contributed by atoms with Crippen molar-refractivity contribution in [2.24, 2.45) is 0 Å². The number of rotatable bonds is 7. The SMILES string of the molecule is COCCNC(=O)c1cn[nH]c1C1CCCN(C(=O)C(C)(C)c2ccccc2)C1. The number of hydrogen-bond acceptors (Lipinski definition) is 4. The molecule has 1 aromatic carbocycles. The van der Waals surface area contributed by atoms with Crippen LogP contribution in [0.2, 0.25) is 0 Å². The Balaban J connectivity index is 1.72. The normalized spacial score (nSPS) is 17.2. The number of benzene rings is 1. The van der Waals surface area contributed by atoms with Gasteiger partial charge >= 0.3 is 0 Å². The van der Waals surface area contributed by atoms with E-state index in [9.17, 15) is 9.59 Å². The van der Waals surface area contributed by atoms with E-state index in [0.717, 1.165) is 30.6 Å². The number of nitrogens with zero attached hydrogens (tertiary/aromatic N) is 2. The van der Waals surface area contributed by atoms with Crippen LogP contribution in [-0.2, 0) is 14.9 Å². The van der Waals surface area contributed by atoms with Crippen LogP contribution in [0.25, 0.3) is 0 Å². The molecule has 0 bridgehead atoms. The van der Waals surface area contributed by atoms with Gasteiger partial charge in [-0.2, -0.15) is 5.10 Å². The molecule has 1 atom stereocenters. The Kier molecular flexibility index (Phi) is 6.69. The number of amides is 2. The van der Waals surface area contributed by atoms with E-state index in [-0.39, 0.29) is 17.7 Å². The van der Waals surface area contributed by atoms with Gasteiger partial charge in [0, 0.05) is 32.7 Å². The number of carbonyl (C=O) groups is 2. The molecule has 1 unspecified atom stereocenters. The van der Waals surface area contributed by atoms with Crippen LogP contribution in [0.1, 0.15) is 54.2 Å². The maximum absolute atomic E-state index is 13.3. The summed E-state index contributed by atoms with van der Waals surface area (Å²) in [5.41, 5.74) is 1.75. The summed E-state index contributed by atoms with van der Waals surface area (Å²) in [7, 11) is 1.60. The summed E-state index contributed by atoms with van der Waals surface area (Å²) in [4.78, 5) is 27.8. The average Bonchev–Trinajstić information content (AvgIpc) is 3.24. The number of aromatic nitrogens is 2. The zero-order chi connectivity index (χ0) is 20.9. The van der Waals surface area contributed by atoms with E-state index in [1.807, 2.05) is 49.1 Å². The van der Waals surface area contributed by atoms with Gasteiger partial charge in [0.05, 0.1) is 29.5 Å². The molecule has 0 saturated carbocycles. The number of H-pyrrole nitrogens is 1. The van der Waals surface area contributed by atoms with E-state index < -0.39 is 5.41 Å². The maximum atomic E-state index is 13.3. The molecule has 2 heterocycles. The smallest absolute Gasteiger partial charge is 0.254 e. The van der Waals surface area contributed by atoms with E-state index in [1.165, 1.54) is 0 Å². The molecule has 0 aliphatic carbocycles. The molecular weight excluding hydrogens is 368 g/mol. The van der Waals surface area contributed by atoms with Crippen molar-refractivity contribution in [1.29, 1.82) is 0 Å². The van der Waals surface area contributed by atoms with Gasteiger partial charge in [-0.05, 0) is 32.3 Å². The van der Waals surface area contributed by atoms with E-state index in [0.29, 0.717) is 25.3 Å². The monoisotopic (exact) mass is 398 g/mol. The Morgan fingerprint density at radius 3 is 2.79 bits per heavy atom. The van der Waals surface area contributed by atoms with Crippen LogP contribution in [0.15, 0.2) is 36.5 Å². The molecule has 1 saturated heterocycles. The predicted molar refractivity (Wildman–Crippen MR) is 111 cm³/mol. The van der Waals surface area contributed by atoms with Gasteiger partial charge in [-0.3, -0.25) is 14.7 Å². The van der Waals surface area contributed by atoms with Gasteiger partial charge in [0.25, 0.3) is 5.91 Å². The van der Waals surface area contributed by atoms with Crippen molar-refractivity contribution in [2.75, 3.05) is 33.4 Å². The number of hydrogen-bond donors (Lipinski definition) is 2. The number of nitrogens with one attached hydrogen (secondary N) is 2. The first-order valence-electron chi connectivity index (χ1n) is 10.1. The lowest BCUT2D eigenvalue weighted by Gasteiger charge is -2.37. The fourth-order valence-corrected chi connectivity index (χ4v) is 3.92. The lowest BCUT2D eigenvalue weighted by atomic mass is 9.82. The molecule has 156 valence electrons. The topological polar surface area (TPSA) is 87.3 Å².